The summed E-state index contributed by atoms with van der Waals surface area (Å²) in [6.07, 6.45) is 0.799. The first-order valence-corrected chi connectivity index (χ1v) is 7.36. The van der Waals surface area contributed by atoms with E-state index in [0.29, 0.717) is 12.1 Å². The average Bonchev–Trinajstić information content (AvgIpc) is 2.70. The van der Waals surface area contributed by atoms with E-state index in [1.807, 2.05) is 38.1 Å². The second-order valence-electron chi connectivity index (χ2n) is 5.66. The topological polar surface area (TPSA) is 78.5 Å². The molecule has 1 aliphatic heterocycles. The van der Waals surface area contributed by atoms with Gasteiger partial charge in [-0.3, -0.25) is 14.5 Å². The number of aryl methyl sites for hydroxylation is 1. The van der Waals surface area contributed by atoms with Gasteiger partial charge < -0.3 is 10.6 Å². The van der Waals surface area contributed by atoms with Crippen LogP contribution in [0.5, 0.6) is 0 Å². The fourth-order valence-electron chi connectivity index (χ4n) is 2.39. The first-order chi connectivity index (χ1) is 10.4. The highest BCUT2D eigenvalue weighted by Crippen LogP contribution is 2.28. The van der Waals surface area contributed by atoms with Crippen LogP contribution in [0.1, 0.15) is 31.4 Å². The molecule has 1 aliphatic rings. The van der Waals surface area contributed by atoms with Crippen LogP contribution in [0.3, 0.4) is 0 Å². The molecule has 1 heterocycles. The summed E-state index contributed by atoms with van der Waals surface area (Å²) in [7, 11) is 0. The number of imide groups is 1. The molecule has 1 fully saturated rings. The molecule has 0 radical (unpaired) electrons. The summed E-state index contributed by atoms with van der Waals surface area (Å²) in [6.45, 7) is 5.81. The Morgan fingerprint density at radius 2 is 1.91 bits per heavy atom. The third-order valence-electron chi connectivity index (χ3n) is 3.78. The van der Waals surface area contributed by atoms with E-state index in [1.165, 1.54) is 0 Å². The molecule has 6 heteroatoms. The number of nitrogens with zero attached hydrogens (tertiary/aromatic N) is 1. The number of carbonyl (C=O) groups excluding carboxylic acids is 3. The minimum Gasteiger partial charge on any atom is -0.355 e. The van der Waals surface area contributed by atoms with Crippen molar-refractivity contribution >= 4 is 17.8 Å². The maximum absolute atomic E-state index is 12.6. The second-order valence-corrected chi connectivity index (χ2v) is 5.66. The van der Waals surface area contributed by atoms with Crippen LogP contribution in [0, 0.1) is 6.92 Å². The molecule has 1 unspecified atom stereocenters. The maximum Gasteiger partial charge on any atom is 0.325 e. The third kappa shape index (κ3) is 2.95. The first kappa shape index (κ1) is 16.0. The van der Waals surface area contributed by atoms with Gasteiger partial charge in [-0.15, -0.1) is 0 Å². The summed E-state index contributed by atoms with van der Waals surface area (Å²) in [5, 5.41) is 5.35. The zero-order valence-corrected chi connectivity index (χ0v) is 13.1. The third-order valence-corrected chi connectivity index (χ3v) is 3.78. The molecule has 2 rings (SSSR count). The number of urea groups is 1. The zero-order valence-electron chi connectivity index (χ0n) is 13.1. The molecule has 2 N–H and O–H groups in total. The van der Waals surface area contributed by atoms with Gasteiger partial charge >= 0.3 is 6.03 Å². The Bertz CT molecular complexity index is 597. The molecule has 0 aromatic heterocycles. The Morgan fingerprint density at radius 3 is 2.50 bits per heavy atom. The van der Waals surface area contributed by atoms with Gasteiger partial charge in [-0.1, -0.05) is 36.8 Å². The number of hydrogen-bond donors (Lipinski definition) is 2. The zero-order chi connectivity index (χ0) is 16.3. The number of benzene rings is 1. The van der Waals surface area contributed by atoms with E-state index in [2.05, 4.69) is 10.6 Å². The van der Waals surface area contributed by atoms with Crippen LogP contribution in [0.4, 0.5) is 4.79 Å². The van der Waals surface area contributed by atoms with Crippen LogP contribution in [0.15, 0.2) is 24.3 Å². The lowest BCUT2D eigenvalue weighted by atomic mass is 9.91. The molecule has 1 atom stereocenters. The lowest BCUT2D eigenvalue weighted by molar-refractivity contribution is -0.134. The van der Waals surface area contributed by atoms with Crippen molar-refractivity contribution in [3.63, 3.8) is 0 Å². The standard InChI is InChI=1S/C16H21N3O3/c1-4-9-17-13(20)10-19-14(21)16(3,18-15(19)22)12-7-5-11(2)6-8-12/h5-8H,4,9-10H2,1-3H3,(H,17,20)(H,18,22). The normalized spacial score (nSPS) is 21.0. The van der Waals surface area contributed by atoms with Crippen molar-refractivity contribution in [1.82, 2.24) is 15.5 Å². The van der Waals surface area contributed by atoms with Gasteiger partial charge in [0.05, 0.1) is 0 Å². The van der Waals surface area contributed by atoms with Crippen molar-refractivity contribution < 1.29 is 14.4 Å². The van der Waals surface area contributed by atoms with Gasteiger partial charge in [0, 0.05) is 6.54 Å². The number of nitrogens with one attached hydrogen (secondary N) is 2. The predicted molar refractivity (Wildman–Crippen MR) is 82.1 cm³/mol. The molecule has 0 aliphatic carbocycles. The van der Waals surface area contributed by atoms with Crippen LogP contribution in [-0.4, -0.2) is 35.8 Å². The molecule has 22 heavy (non-hydrogen) atoms. The molecule has 1 aromatic carbocycles. The van der Waals surface area contributed by atoms with E-state index in [0.717, 1.165) is 16.9 Å². The molecule has 118 valence electrons. The fourth-order valence-corrected chi connectivity index (χ4v) is 2.39. The monoisotopic (exact) mass is 303 g/mol. The van der Waals surface area contributed by atoms with Gasteiger partial charge in [0.1, 0.15) is 12.1 Å². The van der Waals surface area contributed by atoms with Crippen molar-refractivity contribution in [1.29, 1.82) is 0 Å². The Hall–Kier alpha value is -2.37. The van der Waals surface area contributed by atoms with Gasteiger partial charge in [0.25, 0.3) is 5.91 Å². The molecule has 4 amide bonds. The Kier molecular flexibility index (Phi) is 4.49. The SMILES string of the molecule is CCCNC(=O)CN1C(=O)NC(C)(c2ccc(C)cc2)C1=O. The fraction of sp³-hybridized carbons (Fsp3) is 0.438. The molecule has 0 saturated carbocycles. The molecule has 0 bridgehead atoms. The summed E-state index contributed by atoms with van der Waals surface area (Å²) < 4.78 is 0. The molecular weight excluding hydrogens is 282 g/mol. The van der Waals surface area contributed by atoms with E-state index in [4.69, 9.17) is 0 Å². The highest BCUT2D eigenvalue weighted by atomic mass is 16.2. The average molecular weight is 303 g/mol. The van der Waals surface area contributed by atoms with Gasteiger partial charge in [0.2, 0.25) is 5.91 Å². The van der Waals surface area contributed by atoms with Crippen LogP contribution in [-0.2, 0) is 15.1 Å². The first-order valence-electron chi connectivity index (χ1n) is 7.36. The number of hydrogen-bond acceptors (Lipinski definition) is 3. The van der Waals surface area contributed by atoms with Gasteiger partial charge in [-0.05, 0) is 25.8 Å². The highest BCUT2D eigenvalue weighted by Gasteiger charge is 2.49. The minimum atomic E-state index is -1.13. The minimum absolute atomic E-state index is 0.258. The Morgan fingerprint density at radius 1 is 1.27 bits per heavy atom. The molecule has 6 nitrogen and oxygen atoms in total. The summed E-state index contributed by atoms with van der Waals surface area (Å²) in [6, 6.07) is 6.86. The summed E-state index contributed by atoms with van der Waals surface area (Å²) in [4.78, 5) is 37.4. The molecular formula is C16H21N3O3. The van der Waals surface area contributed by atoms with E-state index < -0.39 is 17.5 Å². The van der Waals surface area contributed by atoms with Crippen LogP contribution in [0.25, 0.3) is 0 Å². The van der Waals surface area contributed by atoms with Gasteiger partial charge in [0.15, 0.2) is 0 Å². The van der Waals surface area contributed by atoms with Crippen molar-refractivity contribution in [2.45, 2.75) is 32.7 Å². The smallest absolute Gasteiger partial charge is 0.325 e. The number of rotatable bonds is 5. The largest absolute Gasteiger partial charge is 0.355 e. The second kappa shape index (κ2) is 6.17. The predicted octanol–water partition coefficient (Wildman–Crippen LogP) is 1.29. The summed E-state index contributed by atoms with van der Waals surface area (Å²) >= 11 is 0. The van der Waals surface area contributed by atoms with Crippen LogP contribution < -0.4 is 10.6 Å². The Balaban J connectivity index is 2.17. The lowest BCUT2D eigenvalue weighted by Gasteiger charge is -2.22. The Labute approximate surface area is 129 Å². The molecule has 1 aromatic rings. The number of carbonyl (C=O) groups is 3. The van der Waals surface area contributed by atoms with Crippen molar-refractivity contribution in [2.24, 2.45) is 0 Å². The highest BCUT2D eigenvalue weighted by molar-refractivity contribution is 6.09. The molecule has 1 saturated heterocycles. The summed E-state index contributed by atoms with van der Waals surface area (Å²) in [5.41, 5.74) is 0.642. The van der Waals surface area contributed by atoms with E-state index in [1.54, 1.807) is 6.92 Å². The van der Waals surface area contributed by atoms with Crippen molar-refractivity contribution in [3.8, 4) is 0 Å². The van der Waals surface area contributed by atoms with E-state index in [-0.39, 0.29) is 12.5 Å². The summed E-state index contributed by atoms with van der Waals surface area (Å²) in [5.74, 6) is -0.744. The van der Waals surface area contributed by atoms with Crippen molar-refractivity contribution in [2.75, 3.05) is 13.1 Å². The number of amides is 4. The van der Waals surface area contributed by atoms with E-state index >= 15 is 0 Å². The van der Waals surface area contributed by atoms with Crippen molar-refractivity contribution in [3.05, 3.63) is 35.4 Å². The van der Waals surface area contributed by atoms with Crippen LogP contribution in [0.2, 0.25) is 0 Å². The molecule has 0 spiro atoms. The van der Waals surface area contributed by atoms with E-state index in [9.17, 15) is 14.4 Å². The quantitative estimate of drug-likeness (QED) is 0.805. The lowest BCUT2D eigenvalue weighted by Crippen LogP contribution is -2.43. The maximum atomic E-state index is 12.6. The van der Waals surface area contributed by atoms with Gasteiger partial charge in [-0.25, -0.2) is 4.79 Å². The van der Waals surface area contributed by atoms with Gasteiger partial charge in [-0.2, -0.15) is 0 Å². The van der Waals surface area contributed by atoms with Crippen LogP contribution >= 0.6 is 0 Å².